The van der Waals surface area contributed by atoms with Crippen LogP contribution in [-0.2, 0) is 6.18 Å². The minimum Gasteiger partial charge on any atom is -0.406 e. The number of halogens is 6. The number of rotatable bonds is 7. The minimum absolute atomic E-state index is 0.188. The summed E-state index contributed by atoms with van der Waals surface area (Å²) in [5.74, 6) is -1.34. The molecule has 2 amide bonds. The summed E-state index contributed by atoms with van der Waals surface area (Å²) in [6.07, 6.45) is -8.15. The van der Waals surface area contributed by atoms with E-state index in [9.17, 15) is 35.9 Å². The number of hydrogen-bond donors (Lipinski definition) is 3. The van der Waals surface area contributed by atoms with Crippen LogP contribution in [0.25, 0.3) is 10.2 Å². The number of nitrogens with one attached hydrogen (secondary N) is 3. The van der Waals surface area contributed by atoms with Gasteiger partial charge in [0.25, 0.3) is 11.8 Å². The van der Waals surface area contributed by atoms with Crippen molar-refractivity contribution in [3.63, 3.8) is 0 Å². The van der Waals surface area contributed by atoms with Gasteiger partial charge in [0.15, 0.2) is 0 Å². The van der Waals surface area contributed by atoms with Gasteiger partial charge in [-0.25, -0.2) is 9.97 Å². The molecule has 0 saturated heterocycles. The molecule has 2 heterocycles. The van der Waals surface area contributed by atoms with Crippen molar-refractivity contribution in [1.82, 2.24) is 9.97 Å². The Morgan fingerprint density at radius 2 is 1.55 bits per heavy atom. The van der Waals surface area contributed by atoms with Gasteiger partial charge in [0.05, 0.1) is 15.8 Å². The Kier molecular flexibility index (Phi) is 8.15. The van der Waals surface area contributed by atoms with Crippen LogP contribution < -0.4 is 20.7 Å². The molecule has 0 bridgehead atoms. The Balaban J connectivity index is 1.31. The molecule has 3 aromatic carbocycles. The predicted molar refractivity (Wildman–Crippen MR) is 152 cm³/mol. The van der Waals surface area contributed by atoms with Crippen LogP contribution in [0, 0.1) is 6.92 Å². The van der Waals surface area contributed by atoms with E-state index in [-0.39, 0.29) is 21.9 Å². The lowest BCUT2D eigenvalue weighted by molar-refractivity contribution is -0.274. The van der Waals surface area contributed by atoms with Crippen LogP contribution in [0.2, 0.25) is 0 Å². The quantitative estimate of drug-likeness (QED) is 0.157. The maximum Gasteiger partial charge on any atom is 0.573 e. The molecule has 5 aromatic rings. The van der Waals surface area contributed by atoms with Gasteiger partial charge in [-0.05, 0) is 73.2 Å². The van der Waals surface area contributed by atoms with Crippen LogP contribution in [0.15, 0.2) is 79.1 Å². The van der Waals surface area contributed by atoms with E-state index in [1.54, 1.807) is 25.1 Å². The van der Waals surface area contributed by atoms with Crippen LogP contribution in [-0.4, -0.2) is 28.1 Å². The van der Waals surface area contributed by atoms with Gasteiger partial charge in [-0.2, -0.15) is 13.2 Å². The fraction of sp³-hybridized carbons (Fsp3) is 0.103. The van der Waals surface area contributed by atoms with E-state index in [0.29, 0.717) is 33.0 Å². The third kappa shape index (κ3) is 7.23. The number of aromatic nitrogens is 2. The molecule has 0 saturated carbocycles. The highest BCUT2D eigenvalue weighted by Crippen LogP contribution is 2.33. The first kappa shape index (κ1) is 30.3. The molecule has 3 N–H and O–H groups in total. The molecule has 0 fully saturated rings. The van der Waals surface area contributed by atoms with Gasteiger partial charge in [0.1, 0.15) is 22.7 Å². The Morgan fingerprint density at radius 1 is 0.818 bits per heavy atom. The third-order valence-electron chi connectivity index (χ3n) is 6.10. The van der Waals surface area contributed by atoms with Crippen LogP contribution in [0.4, 0.5) is 49.2 Å². The lowest BCUT2D eigenvalue weighted by Gasteiger charge is -2.12. The van der Waals surface area contributed by atoms with Gasteiger partial charge in [-0.15, -0.1) is 24.5 Å². The van der Waals surface area contributed by atoms with E-state index < -0.39 is 29.9 Å². The van der Waals surface area contributed by atoms with Crippen molar-refractivity contribution in [3.8, 4) is 5.75 Å². The highest BCUT2D eigenvalue weighted by molar-refractivity contribution is 7.20. The van der Waals surface area contributed by atoms with Crippen molar-refractivity contribution in [2.24, 2.45) is 0 Å². The molecule has 0 aliphatic carbocycles. The number of benzene rings is 3. The van der Waals surface area contributed by atoms with E-state index in [4.69, 9.17) is 0 Å². The first-order valence-corrected chi connectivity index (χ1v) is 13.3. The number of alkyl halides is 6. The van der Waals surface area contributed by atoms with Crippen molar-refractivity contribution in [2.45, 2.75) is 19.5 Å². The molecular formula is C29H19F6N5O3S. The molecule has 5 rings (SSSR count). The zero-order valence-electron chi connectivity index (χ0n) is 22.3. The van der Waals surface area contributed by atoms with Crippen LogP contribution >= 0.6 is 11.3 Å². The monoisotopic (exact) mass is 631 g/mol. The van der Waals surface area contributed by atoms with E-state index in [1.807, 2.05) is 0 Å². The number of nitrogens with zero attached hydrogens (tertiary/aromatic N) is 2. The number of fused-ring (bicyclic) bond motifs is 1. The molecule has 0 aliphatic heterocycles. The largest absolute Gasteiger partial charge is 0.573 e. The van der Waals surface area contributed by atoms with Crippen LogP contribution in [0.1, 0.15) is 31.2 Å². The molecule has 226 valence electrons. The SMILES string of the molecule is Cc1ccc(NC(=O)c2cccc(C(F)(F)F)c2)cc1NC(=O)c1cc2c(Nc3ccc(OC(F)(F)F)cc3)ncnc2s1. The van der Waals surface area contributed by atoms with Gasteiger partial charge in [0, 0.05) is 22.6 Å². The number of thiophene rings is 1. The number of carbonyl (C=O) groups is 2. The minimum atomic E-state index is -4.82. The summed E-state index contributed by atoms with van der Waals surface area (Å²) < 4.78 is 80.3. The van der Waals surface area contributed by atoms with Crippen molar-refractivity contribution >= 4 is 56.2 Å². The highest BCUT2D eigenvalue weighted by Gasteiger charge is 2.31. The topological polar surface area (TPSA) is 105 Å². The highest BCUT2D eigenvalue weighted by atomic mass is 32.1. The Hall–Kier alpha value is -5.18. The smallest absolute Gasteiger partial charge is 0.406 e. The predicted octanol–water partition coefficient (Wildman–Crippen LogP) is 8.17. The summed E-state index contributed by atoms with van der Waals surface area (Å²) in [5.41, 5.74) is 0.510. The van der Waals surface area contributed by atoms with Crippen LogP contribution in [0.5, 0.6) is 5.75 Å². The van der Waals surface area contributed by atoms with E-state index in [0.717, 1.165) is 41.7 Å². The van der Waals surface area contributed by atoms with Gasteiger partial charge in [0.2, 0.25) is 0 Å². The molecule has 0 atom stereocenters. The molecule has 0 radical (unpaired) electrons. The number of hydrogen-bond acceptors (Lipinski definition) is 7. The normalized spacial score (nSPS) is 11.7. The average molecular weight is 632 g/mol. The third-order valence-corrected chi connectivity index (χ3v) is 7.14. The van der Waals surface area contributed by atoms with Gasteiger partial charge >= 0.3 is 12.5 Å². The number of anilines is 4. The van der Waals surface area contributed by atoms with Crippen molar-refractivity contribution in [3.05, 3.63) is 101 Å². The maximum atomic E-state index is 13.2. The van der Waals surface area contributed by atoms with Gasteiger partial charge in [-0.3, -0.25) is 9.59 Å². The number of carbonyl (C=O) groups excluding carboxylic acids is 2. The second kappa shape index (κ2) is 11.8. The summed E-state index contributed by atoms with van der Waals surface area (Å²) >= 11 is 1.07. The lowest BCUT2D eigenvalue weighted by atomic mass is 10.1. The second-order valence-electron chi connectivity index (χ2n) is 9.27. The van der Waals surface area contributed by atoms with Crippen LogP contribution in [0.3, 0.4) is 0 Å². The fourth-order valence-electron chi connectivity index (χ4n) is 4.00. The van der Waals surface area contributed by atoms with Crippen molar-refractivity contribution < 1.29 is 40.7 Å². The first-order chi connectivity index (χ1) is 20.7. The second-order valence-corrected chi connectivity index (χ2v) is 10.3. The molecule has 0 spiro atoms. The molecule has 0 unspecified atom stereocenters. The van der Waals surface area contributed by atoms with E-state index in [2.05, 4.69) is 30.7 Å². The Labute approximate surface area is 248 Å². The number of amides is 2. The molecule has 44 heavy (non-hydrogen) atoms. The molecular weight excluding hydrogens is 612 g/mol. The molecule has 0 aliphatic rings. The Morgan fingerprint density at radius 3 is 2.25 bits per heavy atom. The lowest BCUT2D eigenvalue weighted by Crippen LogP contribution is -2.16. The summed E-state index contributed by atoms with van der Waals surface area (Å²) in [4.78, 5) is 34.9. The van der Waals surface area contributed by atoms with Crippen molar-refractivity contribution in [1.29, 1.82) is 0 Å². The molecule has 15 heteroatoms. The Bertz CT molecular complexity index is 1860. The number of ether oxygens (including phenoxy) is 1. The average Bonchev–Trinajstić information content (AvgIpc) is 3.40. The number of aryl methyl sites for hydroxylation is 1. The summed E-state index contributed by atoms with van der Waals surface area (Å²) in [6.45, 7) is 1.72. The standard InChI is InChI=1S/C29H19F6N5O3S/c1-15-5-6-19(39-25(41)16-3-2-4-17(11-16)28(30,31)32)12-22(15)40-26(42)23-13-21-24(36-14-37-27(21)44-23)38-18-7-9-20(10-8-18)43-29(33,34)35/h2-14H,1H3,(H,39,41)(H,40,42)(H,36,37,38). The van der Waals surface area contributed by atoms with E-state index >= 15 is 0 Å². The maximum absolute atomic E-state index is 13.2. The summed E-state index contributed by atoms with van der Waals surface area (Å²) in [6, 6.07) is 15.2. The zero-order valence-corrected chi connectivity index (χ0v) is 23.1. The first-order valence-electron chi connectivity index (χ1n) is 12.5. The fourth-order valence-corrected chi connectivity index (χ4v) is 4.90. The zero-order chi connectivity index (χ0) is 31.6. The summed E-state index contributed by atoms with van der Waals surface area (Å²) in [5, 5.41) is 8.77. The van der Waals surface area contributed by atoms with Gasteiger partial charge in [-0.1, -0.05) is 12.1 Å². The van der Waals surface area contributed by atoms with Gasteiger partial charge < -0.3 is 20.7 Å². The van der Waals surface area contributed by atoms with E-state index in [1.165, 1.54) is 30.6 Å². The van der Waals surface area contributed by atoms with Crippen molar-refractivity contribution in [2.75, 3.05) is 16.0 Å². The summed E-state index contributed by atoms with van der Waals surface area (Å²) in [7, 11) is 0. The molecule has 2 aromatic heterocycles. The molecule has 8 nitrogen and oxygen atoms in total.